The van der Waals surface area contributed by atoms with Crippen LogP contribution in [0.25, 0.3) is 0 Å². The summed E-state index contributed by atoms with van der Waals surface area (Å²) >= 11 is 1.56. The molecule has 0 unspecified atom stereocenters. The van der Waals surface area contributed by atoms with E-state index in [0.717, 1.165) is 20.9 Å². The van der Waals surface area contributed by atoms with Crippen molar-refractivity contribution in [2.24, 2.45) is 12.0 Å². The SMILES string of the molecule is C#CCNC(=O)Cc1ccccc1N=c1sc(C)[c-]n1C.[Yb]. The van der Waals surface area contributed by atoms with Crippen LogP contribution in [0.5, 0.6) is 0 Å². The van der Waals surface area contributed by atoms with E-state index in [9.17, 15) is 4.79 Å². The average Bonchev–Trinajstić information content (AvgIpc) is 2.77. The minimum atomic E-state index is -0.103. The molecule has 0 radical (unpaired) electrons. The molecule has 1 amide bonds. The molecule has 0 aliphatic heterocycles. The Balaban J connectivity index is 0.00000242. The van der Waals surface area contributed by atoms with Gasteiger partial charge in [0.1, 0.15) is 0 Å². The number of nitrogens with one attached hydrogen (secondary N) is 1. The van der Waals surface area contributed by atoms with Crippen LogP contribution in [-0.2, 0) is 18.3 Å². The van der Waals surface area contributed by atoms with Gasteiger partial charge < -0.3 is 14.9 Å². The minimum Gasteiger partial charge on any atom is -0.490 e. The molecular formula is C16H16N3OSYb-. The van der Waals surface area contributed by atoms with Crippen LogP contribution in [-0.4, -0.2) is 17.0 Å². The maximum Gasteiger partial charge on any atom is 0.225 e. The van der Waals surface area contributed by atoms with Crippen molar-refractivity contribution in [1.29, 1.82) is 0 Å². The number of carbonyl (C=O) groups excluding carboxylic acids is 1. The number of para-hydroxylation sites is 1. The summed E-state index contributed by atoms with van der Waals surface area (Å²) in [5.41, 5.74) is 1.66. The van der Waals surface area contributed by atoms with Crippen molar-refractivity contribution in [3.63, 3.8) is 0 Å². The first-order valence-corrected chi connectivity index (χ1v) is 7.30. The molecule has 1 N–H and O–H groups in total. The molecule has 0 bridgehead atoms. The summed E-state index contributed by atoms with van der Waals surface area (Å²) in [4.78, 5) is 18.3. The summed E-state index contributed by atoms with van der Waals surface area (Å²) in [7, 11) is 1.91. The van der Waals surface area contributed by atoms with Crippen LogP contribution in [0.15, 0.2) is 29.3 Å². The topological polar surface area (TPSA) is 46.4 Å². The van der Waals surface area contributed by atoms with Gasteiger partial charge in [0, 0.05) is 57.4 Å². The quantitative estimate of drug-likeness (QED) is 0.536. The van der Waals surface area contributed by atoms with Gasteiger partial charge in [0.05, 0.1) is 13.0 Å². The average molecular weight is 471 g/mol. The molecule has 0 atom stereocenters. The monoisotopic (exact) mass is 472 g/mol. The molecule has 6 heteroatoms. The Hall–Kier alpha value is -0.801. The van der Waals surface area contributed by atoms with Gasteiger partial charge in [-0.15, -0.1) is 6.42 Å². The van der Waals surface area contributed by atoms with E-state index in [0.29, 0.717) is 0 Å². The molecule has 0 saturated carbocycles. The smallest absolute Gasteiger partial charge is 0.225 e. The van der Waals surface area contributed by atoms with E-state index in [1.54, 1.807) is 11.3 Å². The Morgan fingerprint density at radius 1 is 1.50 bits per heavy atom. The van der Waals surface area contributed by atoms with Crippen LogP contribution in [0.4, 0.5) is 5.69 Å². The predicted octanol–water partition coefficient (Wildman–Crippen LogP) is 1.72. The summed E-state index contributed by atoms with van der Waals surface area (Å²) in [5.74, 6) is 2.29. The van der Waals surface area contributed by atoms with E-state index in [2.05, 4.69) is 22.4 Å². The summed E-state index contributed by atoms with van der Waals surface area (Å²) in [6, 6.07) is 7.61. The number of aromatic nitrogens is 1. The molecule has 0 fully saturated rings. The zero-order chi connectivity index (χ0) is 15.2. The van der Waals surface area contributed by atoms with Gasteiger partial charge in [-0.1, -0.05) is 29.0 Å². The van der Waals surface area contributed by atoms with E-state index >= 15 is 0 Å². The zero-order valence-corrected chi connectivity index (χ0v) is 14.8. The second-order valence-electron chi connectivity index (χ2n) is 4.51. The third-order valence-electron chi connectivity index (χ3n) is 2.80. The first-order chi connectivity index (χ1) is 10.1. The number of terminal acetylenes is 1. The minimum absolute atomic E-state index is 0. The maximum absolute atomic E-state index is 11.8. The number of benzene rings is 1. The number of aryl methyl sites for hydroxylation is 2. The molecule has 0 aliphatic carbocycles. The fourth-order valence-corrected chi connectivity index (χ4v) is 2.65. The third-order valence-corrected chi connectivity index (χ3v) is 3.75. The van der Waals surface area contributed by atoms with Gasteiger partial charge in [-0.2, -0.15) is 6.20 Å². The van der Waals surface area contributed by atoms with Gasteiger partial charge in [0.2, 0.25) is 5.91 Å². The Bertz CT molecular complexity index is 755. The number of nitrogens with zero attached hydrogens (tertiary/aromatic N) is 2. The second-order valence-corrected chi connectivity index (χ2v) is 5.69. The van der Waals surface area contributed by atoms with E-state index in [1.165, 1.54) is 0 Å². The van der Waals surface area contributed by atoms with Crippen molar-refractivity contribution in [2.45, 2.75) is 13.3 Å². The summed E-state index contributed by atoms with van der Waals surface area (Å²) in [5, 5.41) is 2.66. The first kappa shape index (κ1) is 19.2. The van der Waals surface area contributed by atoms with Gasteiger partial charge in [-0.05, 0) is 25.6 Å². The van der Waals surface area contributed by atoms with Gasteiger partial charge in [-0.25, -0.2) is 11.3 Å². The van der Waals surface area contributed by atoms with Crippen LogP contribution >= 0.6 is 11.3 Å². The molecule has 2 aromatic rings. The molecule has 4 nitrogen and oxygen atoms in total. The third kappa shape index (κ3) is 5.44. The molecule has 0 saturated heterocycles. The predicted molar refractivity (Wildman–Crippen MR) is 84.1 cm³/mol. The Morgan fingerprint density at radius 2 is 2.23 bits per heavy atom. The van der Waals surface area contributed by atoms with Crippen molar-refractivity contribution in [3.8, 4) is 12.3 Å². The molecule has 1 aromatic heterocycles. The Labute approximate surface area is 172 Å². The number of amides is 1. The van der Waals surface area contributed by atoms with Gasteiger partial charge in [0.15, 0.2) is 0 Å². The summed E-state index contributed by atoms with van der Waals surface area (Å²) in [6.07, 6.45) is 8.55. The standard InChI is InChI=1S/C16H16N3OS.Yb/c1-4-9-17-15(20)10-13-7-5-6-8-14(13)18-16-19(3)11-12(2)21-16;/h1,5-8H,9-10H2,2-3H3,(H,17,20);/q-1;. The fraction of sp³-hybridized carbons (Fsp3) is 0.250. The first-order valence-electron chi connectivity index (χ1n) is 6.48. The van der Waals surface area contributed by atoms with Crippen molar-refractivity contribution in [1.82, 2.24) is 9.88 Å². The van der Waals surface area contributed by atoms with Crippen LogP contribution in [0.2, 0.25) is 0 Å². The van der Waals surface area contributed by atoms with Crippen molar-refractivity contribution >= 4 is 22.9 Å². The second kappa shape index (κ2) is 9.36. The van der Waals surface area contributed by atoms with Crippen molar-refractivity contribution in [2.75, 3.05) is 6.54 Å². The number of carbonyl (C=O) groups is 1. The van der Waals surface area contributed by atoms with Gasteiger partial charge in [0.25, 0.3) is 0 Å². The van der Waals surface area contributed by atoms with Crippen molar-refractivity contribution < 1.29 is 51.7 Å². The fourth-order valence-electron chi connectivity index (χ4n) is 1.87. The number of hydrogen-bond donors (Lipinski definition) is 1. The van der Waals surface area contributed by atoms with Crippen LogP contribution in [0.1, 0.15) is 10.4 Å². The van der Waals surface area contributed by atoms with E-state index in [1.807, 2.05) is 42.8 Å². The van der Waals surface area contributed by atoms with Gasteiger partial charge >= 0.3 is 0 Å². The molecule has 1 heterocycles. The Kier molecular flexibility index (Phi) is 8.19. The van der Waals surface area contributed by atoms with E-state index in [-0.39, 0.29) is 65.8 Å². The summed E-state index contributed by atoms with van der Waals surface area (Å²) < 4.78 is 1.86. The molecule has 2 rings (SSSR count). The summed E-state index contributed by atoms with van der Waals surface area (Å²) in [6.45, 7) is 2.23. The largest absolute Gasteiger partial charge is 0.490 e. The van der Waals surface area contributed by atoms with E-state index in [4.69, 9.17) is 6.42 Å². The van der Waals surface area contributed by atoms with E-state index < -0.39 is 0 Å². The molecular weight excluding hydrogens is 455 g/mol. The molecule has 22 heavy (non-hydrogen) atoms. The number of hydrogen-bond acceptors (Lipinski definition) is 3. The maximum atomic E-state index is 11.8. The van der Waals surface area contributed by atoms with Gasteiger partial charge in [-0.3, -0.25) is 4.79 Å². The normalized spacial score (nSPS) is 10.7. The molecule has 0 spiro atoms. The Morgan fingerprint density at radius 3 is 2.86 bits per heavy atom. The molecule has 122 valence electrons. The van der Waals surface area contributed by atoms with Crippen LogP contribution < -0.4 is 10.1 Å². The molecule has 0 aliphatic rings. The van der Waals surface area contributed by atoms with Crippen LogP contribution in [0, 0.1) is 72.4 Å². The number of rotatable bonds is 4. The van der Waals surface area contributed by atoms with Crippen LogP contribution in [0.3, 0.4) is 0 Å². The van der Waals surface area contributed by atoms with Crippen molar-refractivity contribution in [3.05, 3.63) is 45.7 Å². The zero-order valence-electron chi connectivity index (χ0n) is 12.3. The number of thiazole rings is 1. The molecule has 1 aromatic carbocycles.